The lowest BCUT2D eigenvalue weighted by Gasteiger charge is -2.47. The van der Waals surface area contributed by atoms with E-state index < -0.39 is 5.60 Å². The van der Waals surface area contributed by atoms with Crippen LogP contribution in [0.4, 0.5) is 5.82 Å². The molecule has 1 saturated heterocycles. The van der Waals surface area contributed by atoms with E-state index in [2.05, 4.69) is 4.98 Å². The van der Waals surface area contributed by atoms with Crippen LogP contribution < -0.4 is 10.5 Å². The second kappa shape index (κ2) is 4.63. The average molecular weight is 265 g/mol. The number of β-amino-alcohol motifs (C(OH)–C–C–N with tert-alkyl or cyclic N) is 1. The zero-order valence-corrected chi connectivity index (χ0v) is 12.2. The lowest BCUT2D eigenvalue weighted by atomic mass is 9.89. The van der Waals surface area contributed by atoms with Gasteiger partial charge < -0.3 is 14.6 Å². The first kappa shape index (κ1) is 14.1. The van der Waals surface area contributed by atoms with Gasteiger partial charge in [0.15, 0.2) is 5.82 Å². The summed E-state index contributed by atoms with van der Waals surface area (Å²) >= 11 is 0. The van der Waals surface area contributed by atoms with Crippen molar-refractivity contribution in [2.45, 2.75) is 51.7 Å². The van der Waals surface area contributed by atoms with E-state index >= 15 is 0 Å². The highest BCUT2D eigenvalue weighted by Crippen LogP contribution is 2.28. The fraction of sp³-hybridized carbons (Fsp3) is 0.714. The molecule has 1 aromatic rings. The van der Waals surface area contributed by atoms with Crippen molar-refractivity contribution >= 4 is 5.82 Å². The van der Waals surface area contributed by atoms with Crippen molar-refractivity contribution in [2.24, 2.45) is 0 Å². The quantitative estimate of drug-likeness (QED) is 0.896. The van der Waals surface area contributed by atoms with Crippen molar-refractivity contribution in [3.05, 3.63) is 22.7 Å². The lowest BCUT2D eigenvalue weighted by Crippen LogP contribution is -2.63. The first-order valence-corrected chi connectivity index (χ1v) is 6.82. The summed E-state index contributed by atoms with van der Waals surface area (Å²) in [6, 6.07) is 0. The van der Waals surface area contributed by atoms with Gasteiger partial charge >= 0.3 is 0 Å². The standard InChI is InChI=1S/C14H23N3O2/c1-5-6-14(19)9-16(10-14)11-12(18)17(8-7-15-11)13(2,3)4/h7-8,19H,5-6,9-10H2,1-4H3. The Bertz CT molecular complexity index is 510. The molecule has 0 saturated carbocycles. The number of hydrogen-bond acceptors (Lipinski definition) is 4. The Morgan fingerprint density at radius 1 is 1.42 bits per heavy atom. The lowest BCUT2D eigenvalue weighted by molar-refractivity contribution is 0.00271. The minimum Gasteiger partial charge on any atom is -0.386 e. The zero-order chi connectivity index (χ0) is 14.3. The van der Waals surface area contributed by atoms with Gasteiger partial charge in [0.05, 0.1) is 18.7 Å². The van der Waals surface area contributed by atoms with E-state index in [0.29, 0.717) is 18.9 Å². The topological polar surface area (TPSA) is 58.4 Å². The van der Waals surface area contributed by atoms with Gasteiger partial charge in [0.1, 0.15) is 0 Å². The van der Waals surface area contributed by atoms with Gasteiger partial charge in [-0.15, -0.1) is 0 Å². The molecule has 19 heavy (non-hydrogen) atoms. The third-order valence-corrected chi connectivity index (χ3v) is 3.53. The highest BCUT2D eigenvalue weighted by molar-refractivity contribution is 5.42. The zero-order valence-electron chi connectivity index (χ0n) is 12.2. The number of hydrogen-bond donors (Lipinski definition) is 1. The van der Waals surface area contributed by atoms with Crippen LogP contribution in [0.5, 0.6) is 0 Å². The van der Waals surface area contributed by atoms with E-state index in [9.17, 15) is 9.90 Å². The molecule has 0 atom stereocenters. The van der Waals surface area contributed by atoms with Crippen molar-refractivity contribution in [2.75, 3.05) is 18.0 Å². The molecule has 5 heteroatoms. The molecule has 0 spiro atoms. The summed E-state index contributed by atoms with van der Waals surface area (Å²) in [5.74, 6) is 0.443. The van der Waals surface area contributed by atoms with Gasteiger partial charge in [-0.05, 0) is 27.2 Å². The SMILES string of the molecule is CCCC1(O)CN(c2nccn(C(C)(C)C)c2=O)C1. The van der Waals surface area contributed by atoms with Gasteiger partial charge in [0, 0.05) is 17.9 Å². The summed E-state index contributed by atoms with van der Waals surface area (Å²) in [6.45, 7) is 9.01. The number of anilines is 1. The third-order valence-electron chi connectivity index (χ3n) is 3.53. The van der Waals surface area contributed by atoms with E-state index in [4.69, 9.17) is 0 Å². The maximum atomic E-state index is 12.4. The van der Waals surface area contributed by atoms with Gasteiger partial charge in [-0.3, -0.25) is 4.79 Å². The predicted octanol–water partition coefficient (Wildman–Crippen LogP) is 1.35. The molecule has 0 aromatic carbocycles. The molecule has 5 nitrogen and oxygen atoms in total. The number of aromatic nitrogens is 2. The summed E-state index contributed by atoms with van der Waals surface area (Å²) < 4.78 is 1.69. The molecule has 1 fully saturated rings. The van der Waals surface area contributed by atoms with E-state index in [0.717, 1.165) is 12.8 Å². The first-order chi connectivity index (χ1) is 8.77. The van der Waals surface area contributed by atoms with E-state index in [-0.39, 0.29) is 11.1 Å². The van der Waals surface area contributed by atoms with Crippen molar-refractivity contribution in [3.63, 3.8) is 0 Å². The highest BCUT2D eigenvalue weighted by atomic mass is 16.3. The van der Waals surface area contributed by atoms with Gasteiger partial charge in [0.25, 0.3) is 5.56 Å². The van der Waals surface area contributed by atoms with Crippen LogP contribution in [0.1, 0.15) is 40.5 Å². The molecule has 1 aliphatic rings. The Kier molecular flexibility index (Phi) is 3.43. The predicted molar refractivity (Wildman–Crippen MR) is 75.6 cm³/mol. The molecule has 0 bridgehead atoms. The van der Waals surface area contributed by atoms with Crippen LogP contribution in [0.25, 0.3) is 0 Å². The average Bonchev–Trinajstić information content (AvgIpc) is 2.25. The molecule has 2 heterocycles. The maximum absolute atomic E-state index is 12.4. The molecular formula is C14H23N3O2. The number of nitrogens with zero attached hydrogens (tertiary/aromatic N) is 3. The Morgan fingerprint density at radius 2 is 2.05 bits per heavy atom. The fourth-order valence-electron chi connectivity index (χ4n) is 2.58. The van der Waals surface area contributed by atoms with Gasteiger partial charge in [0.2, 0.25) is 0 Å². The van der Waals surface area contributed by atoms with Crippen molar-refractivity contribution in [1.82, 2.24) is 9.55 Å². The summed E-state index contributed by atoms with van der Waals surface area (Å²) in [7, 11) is 0. The molecule has 1 aromatic heterocycles. The minimum atomic E-state index is -0.648. The van der Waals surface area contributed by atoms with Crippen molar-refractivity contribution < 1.29 is 5.11 Å². The molecule has 0 unspecified atom stereocenters. The van der Waals surface area contributed by atoms with Crippen molar-refractivity contribution in [3.8, 4) is 0 Å². The van der Waals surface area contributed by atoms with E-state index in [1.807, 2.05) is 32.6 Å². The largest absolute Gasteiger partial charge is 0.386 e. The Hall–Kier alpha value is -1.36. The smallest absolute Gasteiger partial charge is 0.293 e. The summed E-state index contributed by atoms with van der Waals surface area (Å²) in [5, 5.41) is 10.2. The van der Waals surface area contributed by atoms with Gasteiger partial charge in [-0.2, -0.15) is 0 Å². The monoisotopic (exact) mass is 265 g/mol. The molecule has 0 amide bonds. The van der Waals surface area contributed by atoms with Crippen LogP contribution in [0, 0.1) is 0 Å². The molecular weight excluding hydrogens is 242 g/mol. The summed E-state index contributed by atoms with van der Waals surface area (Å²) in [5.41, 5.74) is -1.00. The van der Waals surface area contributed by atoms with Crippen LogP contribution in [0.3, 0.4) is 0 Å². The molecule has 2 rings (SSSR count). The van der Waals surface area contributed by atoms with Crippen LogP contribution >= 0.6 is 0 Å². The molecule has 1 aliphatic heterocycles. The molecule has 1 N–H and O–H groups in total. The second-order valence-electron chi connectivity index (χ2n) is 6.43. The fourth-order valence-corrected chi connectivity index (χ4v) is 2.58. The molecule has 106 valence electrons. The summed E-state index contributed by atoms with van der Waals surface area (Å²) in [4.78, 5) is 18.4. The highest BCUT2D eigenvalue weighted by Gasteiger charge is 2.42. The van der Waals surface area contributed by atoms with Crippen molar-refractivity contribution in [1.29, 1.82) is 0 Å². The molecule has 0 radical (unpaired) electrons. The van der Waals surface area contributed by atoms with Crippen LogP contribution in [-0.4, -0.2) is 33.3 Å². The Balaban J connectivity index is 2.23. The maximum Gasteiger partial charge on any atom is 0.293 e. The van der Waals surface area contributed by atoms with Crippen LogP contribution in [-0.2, 0) is 5.54 Å². The number of rotatable bonds is 3. The van der Waals surface area contributed by atoms with Gasteiger partial charge in [-0.25, -0.2) is 4.98 Å². The van der Waals surface area contributed by atoms with Crippen LogP contribution in [0.15, 0.2) is 17.2 Å². The first-order valence-electron chi connectivity index (χ1n) is 6.82. The minimum absolute atomic E-state index is 0.0893. The Labute approximate surface area is 113 Å². The van der Waals surface area contributed by atoms with Crippen LogP contribution in [0.2, 0.25) is 0 Å². The second-order valence-corrected chi connectivity index (χ2v) is 6.43. The normalized spacial score (nSPS) is 18.3. The van der Waals surface area contributed by atoms with E-state index in [1.165, 1.54) is 0 Å². The molecule has 0 aliphatic carbocycles. The van der Waals surface area contributed by atoms with E-state index in [1.54, 1.807) is 17.0 Å². The number of aliphatic hydroxyl groups is 1. The summed E-state index contributed by atoms with van der Waals surface area (Å²) in [6.07, 6.45) is 5.08. The third kappa shape index (κ3) is 2.66. The van der Waals surface area contributed by atoms with Gasteiger partial charge in [-0.1, -0.05) is 13.3 Å². The Morgan fingerprint density at radius 3 is 2.58 bits per heavy atom.